The number of methoxy groups -OCH3 is 2. The van der Waals surface area contributed by atoms with Crippen molar-refractivity contribution in [2.24, 2.45) is 5.14 Å². The number of hydrogen-bond acceptors (Lipinski definition) is 6. The molecule has 0 saturated carbocycles. The predicted octanol–water partition coefficient (Wildman–Crippen LogP) is 1.88. The predicted molar refractivity (Wildman–Crippen MR) is 113 cm³/mol. The Labute approximate surface area is 181 Å². The van der Waals surface area contributed by atoms with Crippen LogP contribution in [0.2, 0.25) is 0 Å². The highest BCUT2D eigenvalue weighted by Gasteiger charge is 2.24. The van der Waals surface area contributed by atoms with E-state index in [9.17, 15) is 17.6 Å². The first-order chi connectivity index (χ1) is 14.7. The third-order valence-corrected chi connectivity index (χ3v) is 6.20. The molecule has 10 heteroatoms. The van der Waals surface area contributed by atoms with E-state index in [1.54, 1.807) is 6.07 Å². The number of ether oxygens (including phenoxy) is 2. The van der Waals surface area contributed by atoms with E-state index in [1.165, 1.54) is 38.5 Å². The number of rotatable bonds is 7. The third-order valence-electron chi connectivity index (χ3n) is 5.29. The SMILES string of the molecule is COc1ccc(CN2CCC(NC(=O)c3cc(S(N)(=O)=O)ccc3OC)CC2)cc1F. The van der Waals surface area contributed by atoms with Crippen LogP contribution in [0.3, 0.4) is 0 Å². The summed E-state index contributed by atoms with van der Waals surface area (Å²) in [6.45, 7) is 2.06. The summed E-state index contributed by atoms with van der Waals surface area (Å²) in [5, 5.41) is 8.11. The second-order valence-electron chi connectivity index (χ2n) is 7.40. The van der Waals surface area contributed by atoms with Crippen molar-refractivity contribution in [3.05, 3.63) is 53.3 Å². The van der Waals surface area contributed by atoms with E-state index in [0.29, 0.717) is 19.4 Å². The van der Waals surface area contributed by atoms with Gasteiger partial charge in [0.15, 0.2) is 11.6 Å². The number of likely N-dealkylation sites (tertiary alicyclic amines) is 1. The topological polar surface area (TPSA) is 111 Å². The lowest BCUT2D eigenvalue weighted by Gasteiger charge is -2.32. The maximum Gasteiger partial charge on any atom is 0.255 e. The molecule has 1 aliphatic heterocycles. The molecular weight excluding hydrogens is 425 g/mol. The number of hydrogen-bond donors (Lipinski definition) is 2. The van der Waals surface area contributed by atoms with Gasteiger partial charge >= 0.3 is 0 Å². The van der Waals surface area contributed by atoms with Crippen LogP contribution in [0, 0.1) is 5.82 Å². The van der Waals surface area contributed by atoms with Gasteiger partial charge in [0.1, 0.15) is 5.75 Å². The maximum atomic E-state index is 13.9. The molecule has 31 heavy (non-hydrogen) atoms. The van der Waals surface area contributed by atoms with Gasteiger partial charge in [-0.15, -0.1) is 0 Å². The zero-order valence-electron chi connectivity index (χ0n) is 17.4. The van der Waals surface area contributed by atoms with Crippen LogP contribution in [0.1, 0.15) is 28.8 Å². The highest BCUT2D eigenvalue weighted by atomic mass is 32.2. The number of halogens is 1. The molecule has 1 heterocycles. The molecule has 2 aromatic carbocycles. The fourth-order valence-electron chi connectivity index (χ4n) is 3.61. The average Bonchev–Trinajstić information content (AvgIpc) is 2.74. The molecule has 0 bridgehead atoms. The summed E-state index contributed by atoms with van der Waals surface area (Å²) in [4.78, 5) is 14.8. The molecule has 0 atom stereocenters. The van der Waals surface area contributed by atoms with Gasteiger partial charge in [0.05, 0.1) is 24.7 Å². The zero-order chi connectivity index (χ0) is 22.6. The lowest BCUT2D eigenvalue weighted by molar-refractivity contribution is 0.0905. The van der Waals surface area contributed by atoms with Crippen molar-refractivity contribution in [1.29, 1.82) is 0 Å². The number of sulfonamides is 1. The summed E-state index contributed by atoms with van der Waals surface area (Å²) in [6, 6.07) is 8.77. The van der Waals surface area contributed by atoms with Crippen LogP contribution in [0.5, 0.6) is 11.5 Å². The van der Waals surface area contributed by atoms with Crippen LogP contribution < -0.4 is 19.9 Å². The summed E-state index contributed by atoms with van der Waals surface area (Å²) >= 11 is 0. The summed E-state index contributed by atoms with van der Waals surface area (Å²) in [7, 11) is -1.10. The minimum absolute atomic E-state index is 0.0702. The van der Waals surface area contributed by atoms with Crippen molar-refractivity contribution in [3.8, 4) is 11.5 Å². The smallest absolute Gasteiger partial charge is 0.255 e. The molecular formula is C21H26FN3O5S. The molecule has 0 spiro atoms. The molecule has 1 fully saturated rings. The number of primary sulfonamides is 1. The first-order valence-electron chi connectivity index (χ1n) is 9.77. The Morgan fingerprint density at radius 3 is 2.35 bits per heavy atom. The lowest BCUT2D eigenvalue weighted by Crippen LogP contribution is -2.44. The van der Waals surface area contributed by atoms with Gasteiger partial charge in [0.25, 0.3) is 5.91 Å². The van der Waals surface area contributed by atoms with Gasteiger partial charge in [-0.1, -0.05) is 6.07 Å². The van der Waals surface area contributed by atoms with E-state index in [0.717, 1.165) is 18.7 Å². The second-order valence-corrected chi connectivity index (χ2v) is 8.96. The first kappa shape index (κ1) is 23.0. The molecule has 8 nitrogen and oxygen atoms in total. The number of carbonyl (C=O) groups is 1. The van der Waals surface area contributed by atoms with E-state index in [1.807, 2.05) is 6.07 Å². The van der Waals surface area contributed by atoms with Crippen LogP contribution in [-0.4, -0.2) is 52.6 Å². The molecule has 168 valence electrons. The van der Waals surface area contributed by atoms with Gasteiger partial charge in [0.2, 0.25) is 10.0 Å². The second kappa shape index (κ2) is 9.63. The largest absolute Gasteiger partial charge is 0.496 e. The molecule has 1 aliphatic rings. The van der Waals surface area contributed by atoms with Crippen LogP contribution in [0.25, 0.3) is 0 Å². The Balaban J connectivity index is 1.60. The van der Waals surface area contributed by atoms with Crippen LogP contribution >= 0.6 is 0 Å². The third kappa shape index (κ3) is 5.72. The fraction of sp³-hybridized carbons (Fsp3) is 0.381. The van der Waals surface area contributed by atoms with Crippen molar-refractivity contribution in [3.63, 3.8) is 0 Å². The highest BCUT2D eigenvalue weighted by Crippen LogP contribution is 2.23. The Morgan fingerprint density at radius 1 is 1.13 bits per heavy atom. The van der Waals surface area contributed by atoms with Crippen molar-refractivity contribution >= 4 is 15.9 Å². The van der Waals surface area contributed by atoms with Crippen LogP contribution in [-0.2, 0) is 16.6 Å². The molecule has 0 radical (unpaired) electrons. The van der Waals surface area contributed by atoms with Gasteiger partial charge in [0, 0.05) is 25.7 Å². The summed E-state index contributed by atoms with van der Waals surface area (Å²) in [5.74, 6) is -0.327. The zero-order valence-corrected chi connectivity index (χ0v) is 18.2. The van der Waals surface area contributed by atoms with Gasteiger partial charge < -0.3 is 14.8 Å². The number of nitrogens with one attached hydrogen (secondary N) is 1. The molecule has 0 aliphatic carbocycles. The lowest BCUT2D eigenvalue weighted by atomic mass is 10.0. The average molecular weight is 452 g/mol. The van der Waals surface area contributed by atoms with Crippen molar-refractivity contribution in [1.82, 2.24) is 10.2 Å². The fourth-order valence-corrected chi connectivity index (χ4v) is 4.15. The molecule has 3 N–H and O–H groups in total. The molecule has 1 saturated heterocycles. The molecule has 1 amide bonds. The summed E-state index contributed by atoms with van der Waals surface area (Å²) < 4.78 is 47.2. The highest BCUT2D eigenvalue weighted by molar-refractivity contribution is 7.89. The minimum atomic E-state index is -3.94. The quantitative estimate of drug-likeness (QED) is 0.665. The molecule has 0 aromatic heterocycles. The Hall–Kier alpha value is -2.69. The van der Waals surface area contributed by atoms with E-state index in [2.05, 4.69) is 10.2 Å². The first-order valence-corrected chi connectivity index (χ1v) is 11.3. The maximum absolute atomic E-state index is 13.9. The number of benzene rings is 2. The molecule has 3 rings (SSSR count). The number of amides is 1. The Bertz CT molecular complexity index is 1050. The number of carbonyl (C=O) groups excluding carboxylic acids is 1. The van der Waals surface area contributed by atoms with Crippen molar-refractivity contribution in [2.45, 2.75) is 30.3 Å². The van der Waals surface area contributed by atoms with Gasteiger partial charge in [-0.25, -0.2) is 17.9 Å². The van der Waals surface area contributed by atoms with Crippen molar-refractivity contribution in [2.75, 3.05) is 27.3 Å². The van der Waals surface area contributed by atoms with Gasteiger partial charge in [-0.05, 0) is 48.7 Å². The number of nitrogens with zero attached hydrogens (tertiary/aromatic N) is 1. The molecule has 2 aromatic rings. The van der Waals surface area contributed by atoms with E-state index in [-0.39, 0.29) is 28.0 Å². The Morgan fingerprint density at radius 2 is 1.77 bits per heavy atom. The van der Waals surface area contributed by atoms with E-state index >= 15 is 0 Å². The minimum Gasteiger partial charge on any atom is -0.496 e. The van der Waals surface area contributed by atoms with Gasteiger partial charge in [-0.3, -0.25) is 9.69 Å². The van der Waals surface area contributed by atoms with Crippen LogP contribution in [0.15, 0.2) is 41.3 Å². The normalized spacial score (nSPS) is 15.5. The molecule has 0 unspecified atom stereocenters. The monoisotopic (exact) mass is 451 g/mol. The summed E-state index contributed by atoms with van der Waals surface area (Å²) in [5.41, 5.74) is 0.968. The Kier molecular flexibility index (Phi) is 7.14. The number of piperidine rings is 1. The van der Waals surface area contributed by atoms with Crippen molar-refractivity contribution < 1.29 is 27.1 Å². The van der Waals surface area contributed by atoms with Gasteiger partial charge in [-0.2, -0.15) is 0 Å². The van der Waals surface area contributed by atoms with Crippen LogP contribution in [0.4, 0.5) is 4.39 Å². The summed E-state index contributed by atoms with van der Waals surface area (Å²) in [6.07, 6.45) is 1.42. The number of nitrogens with two attached hydrogens (primary N) is 1. The standard InChI is InChI=1S/C21H26FN3O5S/c1-29-19-6-4-16(31(23,27)28)12-17(19)21(26)24-15-7-9-25(10-8-15)13-14-3-5-20(30-2)18(22)11-14/h3-6,11-12,15H,7-10,13H2,1-2H3,(H,24,26)(H2,23,27,28). The van der Waals surface area contributed by atoms with E-state index < -0.39 is 21.7 Å². The van der Waals surface area contributed by atoms with E-state index in [4.69, 9.17) is 14.6 Å².